The lowest BCUT2D eigenvalue weighted by Crippen LogP contribution is -2.41. The molecule has 0 aliphatic heterocycles. The summed E-state index contributed by atoms with van der Waals surface area (Å²) in [5, 5.41) is 2.47. The van der Waals surface area contributed by atoms with Crippen molar-refractivity contribution < 1.29 is 14.3 Å². The smallest absolute Gasteiger partial charge is 0.253 e. The molecule has 0 aliphatic carbocycles. The molecule has 1 rings (SSSR count). The second-order valence-electron chi connectivity index (χ2n) is 3.07. The van der Waals surface area contributed by atoms with Crippen molar-refractivity contribution in [1.29, 1.82) is 0 Å². The van der Waals surface area contributed by atoms with Gasteiger partial charge in [0.25, 0.3) is 5.91 Å². The fourth-order valence-corrected chi connectivity index (χ4v) is 1.12. The number of nitrogens with one attached hydrogen (secondary N) is 1. The second-order valence-corrected chi connectivity index (χ2v) is 3.07. The van der Waals surface area contributed by atoms with E-state index in [1.165, 1.54) is 14.0 Å². The maximum absolute atomic E-state index is 11.6. The Morgan fingerprint density at radius 1 is 1.27 bits per heavy atom. The summed E-state index contributed by atoms with van der Waals surface area (Å²) in [6.45, 7) is 1.36. The van der Waals surface area contributed by atoms with E-state index in [-0.39, 0.29) is 11.7 Å². The number of carbonyl (C=O) groups excluding carboxylic acids is 2. The zero-order valence-corrected chi connectivity index (χ0v) is 8.69. The third-order valence-corrected chi connectivity index (χ3v) is 1.90. The summed E-state index contributed by atoms with van der Waals surface area (Å²) in [5.74, 6) is -0.556. The van der Waals surface area contributed by atoms with E-state index >= 15 is 0 Å². The number of amides is 1. The number of hydrogen-bond donors (Lipinski definition) is 1. The van der Waals surface area contributed by atoms with Gasteiger partial charge in [-0.05, 0) is 19.1 Å². The second kappa shape index (κ2) is 5.26. The predicted molar refractivity (Wildman–Crippen MR) is 55.4 cm³/mol. The molecule has 0 aliphatic rings. The molecular weight excluding hydrogens is 194 g/mol. The Kier molecular flexibility index (Phi) is 4.00. The summed E-state index contributed by atoms with van der Waals surface area (Å²) in [4.78, 5) is 22.6. The third kappa shape index (κ3) is 3.18. The van der Waals surface area contributed by atoms with Gasteiger partial charge in [-0.2, -0.15) is 0 Å². The molecular formula is C11H13NO3. The van der Waals surface area contributed by atoms with Gasteiger partial charge in [0.15, 0.2) is 12.0 Å². The van der Waals surface area contributed by atoms with Gasteiger partial charge >= 0.3 is 0 Å². The van der Waals surface area contributed by atoms with E-state index in [2.05, 4.69) is 5.32 Å². The van der Waals surface area contributed by atoms with E-state index in [0.29, 0.717) is 5.56 Å². The number of benzene rings is 1. The Balaban J connectivity index is 2.67. The molecule has 1 atom stereocenters. The van der Waals surface area contributed by atoms with Gasteiger partial charge in [0.1, 0.15) is 0 Å². The Morgan fingerprint density at radius 2 is 1.87 bits per heavy atom. The van der Waals surface area contributed by atoms with Gasteiger partial charge in [-0.3, -0.25) is 9.59 Å². The van der Waals surface area contributed by atoms with Crippen molar-refractivity contribution in [1.82, 2.24) is 5.32 Å². The lowest BCUT2D eigenvalue weighted by molar-refractivity contribution is -0.127. The van der Waals surface area contributed by atoms with Crippen LogP contribution in [0.1, 0.15) is 17.3 Å². The third-order valence-electron chi connectivity index (χ3n) is 1.90. The Bertz CT molecular complexity index is 348. The number of ketones is 1. The topological polar surface area (TPSA) is 55.4 Å². The van der Waals surface area contributed by atoms with E-state index in [1.54, 1.807) is 24.3 Å². The summed E-state index contributed by atoms with van der Waals surface area (Å²) in [7, 11) is 1.37. The van der Waals surface area contributed by atoms with Crippen LogP contribution >= 0.6 is 0 Å². The molecule has 0 heterocycles. The number of rotatable bonds is 4. The van der Waals surface area contributed by atoms with Crippen molar-refractivity contribution in [3.63, 3.8) is 0 Å². The van der Waals surface area contributed by atoms with E-state index < -0.39 is 6.23 Å². The molecule has 1 aromatic rings. The first-order valence-corrected chi connectivity index (χ1v) is 4.54. The van der Waals surface area contributed by atoms with E-state index in [4.69, 9.17) is 4.74 Å². The normalized spacial score (nSPS) is 11.9. The summed E-state index contributed by atoms with van der Waals surface area (Å²) >= 11 is 0. The molecule has 1 aromatic carbocycles. The van der Waals surface area contributed by atoms with Crippen molar-refractivity contribution in [2.24, 2.45) is 0 Å². The van der Waals surface area contributed by atoms with Crippen LogP contribution in [0.5, 0.6) is 0 Å². The van der Waals surface area contributed by atoms with Crippen LogP contribution in [0.15, 0.2) is 30.3 Å². The van der Waals surface area contributed by atoms with Crippen molar-refractivity contribution in [2.75, 3.05) is 7.11 Å². The highest BCUT2D eigenvalue weighted by Crippen LogP contribution is 1.99. The van der Waals surface area contributed by atoms with Gasteiger partial charge in [-0.1, -0.05) is 18.2 Å². The van der Waals surface area contributed by atoms with Gasteiger partial charge in [0.2, 0.25) is 0 Å². The van der Waals surface area contributed by atoms with Crippen LogP contribution < -0.4 is 5.32 Å². The minimum absolute atomic E-state index is 0.234. The van der Waals surface area contributed by atoms with Crippen molar-refractivity contribution >= 4 is 11.7 Å². The Labute approximate surface area is 88.2 Å². The quantitative estimate of drug-likeness (QED) is 0.749. The van der Waals surface area contributed by atoms with E-state index in [0.717, 1.165) is 0 Å². The average Bonchev–Trinajstić information content (AvgIpc) is 2.26. The van der Waals surface area contributed by atoms with Crippen molar-refractivity contribution in [3.05, 3.63) is 35.9 Å². The number of hydrogen-bond acceptors (Lipinski definition) is 3. The van der Waals surface area contributed by atoms with E-state index in [9.17, 15) is 9.59 Å². The molecule has 4 heteroatoms. The van der Waals surface area contributed by atoms with Crippen LogP contribution in [0.3, 0.4) is 0 Å². The summed E-state index contributed by atoms with van der Waals surface area (Å²) in [6, 6.07) is 8.66. The highest BCUT2D eigenvalue weighted by Gasteiger charge is 2.16. The highest BCUT2D eigenvalue weighted by atomic mass is 16.5. The van der Waals surface area contributed by atoms with Gasteiger partial charge in [0.05, 0.1) is 0 Å². The summed E-state index contributed by atoms with van der Waals surface area (Å²) in [5.41, 5.74) is 0.501. The molecule has 0 radical (unpaired) electrons. The molecule has 1 unspecified atom stereocenters. The zero-order valence-electron chi connectivity index (χ0n) is 8.69. The molecule has 0 fully saturated rings. The fourth-order valence-electron chi connectivity index (χ4n) is 1.12. The molecule has 0 saturated heterocycles. The summed E-state index contributed by atoms with van der Waals surface area (Å²) in [6.07, 6.45) is -0.877. The lowest BCUT2D eigenvalue weighted by atomic mass is 10.2. The maximum atomic E-state index is 11.6. The highest BCUT2D eigenvalue weighted by molar-refractivity contribution is 5.97. The van der Waals surface area contributed by atoms with Crippen LogP contribution in [-0.4, -0.2) is 25.0 Å². The SMILES string of the molecule is COC(NC(=O)c1ccccc1)C(C)=O. The average molecular weight is 207 g/mol. The van der Waals surface area contributed by atoms with Crippen LogP contribution in [0.2, 0.25) is 0 Å². The molecule has 0 saturated carbocycles. The van der Waals surface area contributed by atoms with Crippen LogP contribution in [-0.2, 0) is 9.53 Å². The summed E-state index contributed by atoms with van der Waals surface area (Å²) < 4.78 is 4.82. The molecule has 1 amide bonds. The monoisotopic (exact) mass is 207 g/mol. The molecule has 80 valence electrons. The predicted octanol–water partition coefficient (Wildman–Crippen LogP) is 0.978. The first kappa shape index (κ1) is 11.4. The van der Waals surface area contributed by atoms with Crippen LogP contribution in [0.25, 0.3) is 0 Å². The first-order chi connectivity index (χ1) is 7.15. The van der Waals surface area contributed by atoms with Gasteiger partial charge in [-0.25, -0.2) is 0 Å². The zero-order chi connectivity index (χ0) is 11.3. The maximum Gasteiger partial charge on any atom is 0.253 e. The molecule has 0 spiro atoms. The van der Waals surface area contributed by atoms with Crippen LogP contribution in [0.4, 0.5) is 0 Å². The molecule has 0 aromatic heterocycles. The Morgan fingerprint density at radius 3 is 2.33 bits per heavy atom. The first-order valence-electron chi connectivity index (χ1n) is 4.54. The van der Waals surface area contributed by atoms with Gasteiger partial charge in [-0.15, -0.1) is 0 Å². The number of Topliss-reactive ketones (excluding diaryl/α,β-unsaturated/α-hetero) is 1. The van der Waals surface area contributed by atoms with Crippen molar-refractivity contribution in [3.8, 4) is 0 Å². The largest absolute Gasteiger partial charge is 0.354 e. The Hall–Kier alpha value is -1.68. The fraction of sp³-hybridized carbons (Fsp3) is 0.273. The standard InChI is InChI=1S/C11H13NO3/c1-8(13)11(15-2)12-10(14)9-6-4-3-5-7-9/h3-7,11H,1-2H3,(H,12,14). The number of ether oxygens (including phenoxy) is 1. The molecule has 15 heavy (non-hydrogen) atoms. The molecule has 0 bridgehead atoms. The van der Waals surface area contributed by atoms with E-state index in [1.807, 2.05) is 6.07 Å². The number of carbonyl (C=O) groups is 2. The molecule has 1 N–H and O–H groups in total. The lowest BCUT2D eigenvalue weighted by Gasteiger charge is -2.13. The van der Waals surface area contributed by atoms with Gasteiger partial charge < -0.3 is 10.1 Å². The van der Waals surface area contributed by atoms with Crippen LogP contribution in [0, 0.1) is 0 Å². The van der Waals surface area contributed by atoms with Crippen molar-refractivity contribution in [2.45, 2.75) is 13.2 Å². The minimum Gasteiger partial charge on any atom is -0.354 e. The minimum atomic E-state index is -0.877. The van der Waals surface area contributed by atoms with Gasteiger partial charge in [0, 0.05) is 12.7 Å². The number of methoxy groups -OCH3 is 1. The molecule has 4 nitrogen and oxygen atoms in total.